The fraction of sp³-hybridized carbons (Fsp3) is 0.333. The topological polar surface area (TPSA) is 60.7 Å². The molecule has 86 valence electrons. The van der Waals surface area contributed by atoms with Crippen LogP contribution in [0, 0.1) is 0 Å². The van der Waals surface area contributed by atoms with Gasteiger partial charge in [-0.25, -0.2) is 0 Å². The first-order chi connectivity index (χ1) is 7.63. The van der Waals surface area contributed by atoms with Crippen LogP contribution in [0.2, 0.25) is 0 Å². The van der Waals surface area contributed by atoms with Crippen LogP contribution >= 0.6 is 0 Å². The molecule has 0 aliphatic rings. The van der Waals surface area contributed by atoms with Gasteiger partial charge in [0.25, 0.3) is 0 Å². The highest BCUT2D eigenvalue weighted by molar-refractivity contribution is 6.48. The van der Waals surface area contributed by atoms with Crippen LogP contribution in [-0.2, 0) is 6.42 Å². The highest BCUT2D eigenvalue weighted by Crippen LogP contribution is 2.21. The summed E-state index contributed by atoms with van der Waals surface area (Å²) in [5.74, 6) is 1.37. The zero-order valence-corrected chi connectivity index (χ0v) is 9.43. The van der Waals surface area contributed by atoms with Crippen LogP contribution in [0.15, 0.2) is 24.2 Å². The molecule has 0 aliphatic carbocycles. The number of rotatable bonds is 5. The van der Waals surface area contributed by atoms with Crippen molar-refractivity contribution in [2.24, 2.45) is 0 Å². The Morgan fingerprint density at radius 3 is 2.69 bits per heavy atom. The molecule has 1 aromatic rings. The van der Waals surface area contributed by atoms with E-state index in [1.54, 1.807) is 6.07 Å². The first kappa shape index (κ1) is 12.8. The predicted molar refractivity (Wildman–Crippen MR) is 65.9 cm³/mol. The van der Waals surface area contributed by atoms with Crippen molar-refractivity contribution in [3.05, 3.63) is 35.3 Å². The highest BCUT2D eigenvalue weighted by Gasteiger charge is 2.03. The summed E-state index contributed by atoms with van der Waals surface area (Å²) >= 11 is 0. The van der Waals surface area contributed by atoms with Gasteiger partial charge in [0.15, 0.2) is 0 Å². The van der Waals surface area contributed by atoms with Gasteiger partial charge in [0, 0.05) is 5.56 Å². The quantitative estimate of drug-likeness (QED) is 0.662. The number of aryl methyl sites for hydroxylation is 1. The molecule has 16 heavy (non-hydrogen) atoms. The average molecular weight is 220 g/mol. The SMILES string of the molecule is CCCCc1ccc(O)c(/C=C/B(O)O)c1. The molecule has 0 bridgehead atoms. The summed E-state index contributed by atoms with van der Waals surface area (Å²) in [6.07, 6.45) is 4.71. The molecule has 0 amide bonds. The molecule has 0 aromatic heterocycles. The summed E-state index contributed by atoms with van der Waals surface area (Å²) < 4.78 is 0. The molecule has 0 spiro atoms. The second kappa shape index (κ2) is 6.35. The molecule has 3 N–H and O–H groups in total. The summed E-state index contributed by atoms with van der Waals surface area (Å²) in [4.78, 5) is 0. The van der Waals surface area contributed by atoms with E-state index >= 15 is 0 Å². The van der Waals surface area contributed by atoms with Crippen LogP contribution < -0.4 is 0 Å². The van der Waals surface area contributed by atoms with Gasteiger partial charge in [0.2, 0.25) is 0 Å². The molecule has 0 radical (unpaired) electrons. The van der Waals surface area contributed by atoms with Crippen molar-refractivity contribution in [1.82, 2.24) is 0 Å². The van der Waals surface area contributed by atoms with Gasteiger partial charge in [0.05, 0.1) is 0 Å². The fourth-order valence-electron chi connectivity index (χ4n) is 1.46. The maximum atomic E-state index is 9.56. The summed E-state index contributed by atoms with van der Waals surface area (Å²) in [6.45, 7) is 2.13. The van der Waals surface area contributed by atoms with E-state index in [0.717, 1.165) is 24.8 Å². The Morgan fingerprint density at radius 1 is 1.31 bits per heavy atom. The molecule has 0 atom stereocenters. The Morgan fingerprint density at radius 2 is 2.06 bits per heavy atom. The van der Waals surface area contributed by atoms with Gasteiger partial charge in [-0.05, 0) is 30.5 Å². The zero-order chi connectivity index (χ0) is 12.0. The van der Waals surface area contributed by atoms with Crippen molar-refractivity contribution in [2.75, 3.05) is 0 Å². The van der Waals surface area contributed by atoms with E-state index < -0.39 is 7.12 Å². The Kier molecular flexibility index (Phi) is 5.09. The number of phenols is 1. The lowest BCUT2D eigenvalue weighted by atomic mass is 9.90. The van der Waals surface area contributed by atoms with Gasteiger partial charge in [-0.15, -0.1) is 0 Å². The second-order valence-corrected chi connectivity index (χ2v) is 3.77. The first-order valence-electron chi connectivity index (χ1n) is 5.49. The molecular weight excluding hydrogens is 203 g/mol. The van der Waals surface area contributed by atoms with Gasteiger partial charge in [-0.3, -0.25) is 0 Å². The smallest absolute Gasteiger partial charge is 0.480 e. The van der Waals surface area contributed by atoms with E-state index in [1.165, 1.54) is 12.1 Å². The third kappa shape index (κ3) is 4.09. The Hall–Kier alpha value is -1.26. The minimum absolute atomic E-state index is 0.150. The van der Waals surface area contributed by atoms with Crippen LogP contribution in [0.3, 0.4) is 0 Å². The summed E-state index contributed by atoms with van der Waals surface area (Å²) in [6, 6.07) is 5.38. The monoisotopic (exact) mass is 220 g/mol. The van der Waals surface area contributed by atoms with Gasteiger partial charge >= 0.3 is 7.12 Å². The normalized spacial score (nSPS) is 10.9. The summed E-state index contributed by atoms with van der Waals surface area (Å²) in [5, 5.41) is 27.0. The van der Waals surface area contributed by atoms with Crippen LogP contribution in [0.1, 0.15) is 30.9 Å². The molecular formula is C12H17BO3. The first-order valence-corrected chi connectivity index (χ1v) is 5.49. The van der Waals surface area contributed by atoms with E-state index in [9.17, 15) is 5.11 Å². The molecule has 0 unspecified atom stereocenters. The van der Waals surface area contributed by atoms with Gasteiger partial charge < -0.3 is 15.2 Å². The maximum absolute atomic E-state index is 9.56. The predicted octanol–water partition coefficient (Wildman–Crippen LogP) is 1.76. The van der Waals surface area contributed by atoms with Crippen molar-refractivity contribution < 1.29 is 15.2 Å². The number of hydrogen-bond donors (Lipinski definition) is 3. The molecule has 1 aromatic carbocycles. The lowest BCUT2D eigenvalue weighted by Crippen LogP contribution is -2.05. The molecule has 0 saturated carbocycles. The summed E-state index contributed by atoms with van der Waals surface area (Å²) in [5.41, 5.74) is 1.76. The number of unbranched alkanes of at least 4 members (excludes halogenated alkanes) is 1. The maximum Gasteiger partial charge on any atom is 0.480 e. The van der Waals surface area contributed by atoms with Crippen molar-refractivity contribution in [2.45, 2.75) is 26.2 Å². The molecule has 1 rings (SSSR count). The minimum atomic E-state index is -1.49. The van der Waals surface area contributed by atoms with Gasteiger partial charge in [-0.1, -0.05) is 31.5 Å². The number of hydrogen-bond acceptors (Lipinski definition) is 3. The highest BCUT2D eigenvalue weighted by atomic mass is 16.4. The Balaban J connectivity index is 2.81. The van der Waals surface area contributed by atoms with E-state index in [0.29, 0.717) is 5.56 Å². The lowest BCUT2D eigenvalue weighted by molar-refractivity contribution is 0.424. The van der Waals surface area contributed by atoms with Crippen molar-refractivity contribution in [3.63, 3.8) is 0 Å². The molecule has 0 fully saturated rings. The molecule has 0 aliphatic heterocycles. The fourth-order valence-corrected chi connectivity index (χ4v) is 1.46. The number of aromatic hydroxyl groups is 1. The van der Waals surface area contributed by atoms with Crippen molar-refractivity contribution in [1.29, 1.82) is 0 Å². The largest absolute Gasteiger partial charge is 0.507 e. The van der Waals surface area contributed by atoms with Crippen LogP contribution in [-0.4, -0.2) is 22.3 Å². The average Bonchev–Trinajstić information content (AvgIpc) is 2.26. The number of benzene rings is 1. The lowest BCUT2D eigenvalue weighted by Gasteiger charge is -2.04. The third-order valence-corrected chi connectivity index (χ3v) is 2.36. The minimum Gasteiger partial charge on any atom is -0.507 e. The van der Waals surface area contributed by atoms with Crippen molar-refractivity contribution in [3.8, 4) is 5.75 Å². The van der Waals surface area contributed by atoms with E-state index in [2.05, 4.69) is 6.92 Å². The van der Waals surface area contributed by atoms with Crippen LogP contribution in [0.5, 0.6) is 5.75 Å². The van der Waals surface area contributed by atoms with Crippen LogP contribution in [0.25, 0.3) is 6.08 Å². The molecule has 0 saturated heterocycles. The molecule has 0 heterocycles. The molecule has 4 heteroatoms. The Labute approximate surface area is 96.2 Å². The molecule has 3 nitrogen and oxygen atoms in total. The van der Waals surface area contributed by atoms with Crippen molar-refractivity contribution >= 4 is 13.2 Å². The van der Waals surface area contributed by atoms with Crippen LogP contribution in [0.4, 0.5) is 0 Å². The zero-order valence-electron chi connectivity index (χ0n) is 9.43. The van der Waals surface area contributed by atoms with Gasteiger partial charge in [0.1, 0.15) is 5.75 Å². The van der Waals surface area contributed by atoms with E-state index in [4.69, 9.17) is 10.0 Å². The third-order valence-electron chi connectivity index (χ3n) is 2.36. The number of phenolic OH excluding ortho intramolecular Hbond substituents is 1. The van der Waals surface area contributed by atoms with E-state index in [1.807, 2.05) is 12.1 Å². The second-order valence-electron chi connectivity index (χ2n) is 3.77. The van der Waals surface area contributed by atoms with E-state index in [-0.39, 0.29) is 5.75 Å². The summed E-state index contributed by atoms with van der Waals surface area (Å²) in [7, 11) is -1.49. The Bertz CT molecular complexity index is 361. The standard InChI is InChI=1S/C12H17BO3/c1-2-3-4-10-5-6-12(14)11(9-10)7-8-13(15)16/h5-9,14-16H,2-4H2,1H3/b8-7+. The van der Waals surface area contributed by atoms with Gasteiger partial charge in [-0.2, -0.15) is 0 Å².